The minimum absolute atomic E-state index is 0.121. The maximum atomic E-state index is 12.1. The van der Waals surface area contributed by atoms with E-state index in [4.69, 9.17) is 39.5 Å². The first-order valence-corrected chi connectivity index (χ1v) is 10.1. The number of hydrazone groups is 1. The molecule has 3 rings (SSSR count). The standard InChI is InChI=1S/C22H14Cl3N3O4/c23-15-8-6-14(7-9-15)22(31)32-16-10-4-13(5-11-16)12-26-28-21(30)20(29)27-18-3-1-2-17(24)19(18)25/h1-12H,(H,27,29)(H,28,30)/b26-12-. The second-order valence-electron chi connectivity index (χ2n) is 6.22. The highest BCUT2D eigenvalue weighted by Gasteiger charge is 2.15. The van der Waals surface area contributed by atoms with E-state index >= 15 is 0 Å². The maximum Gasteiger partial charge on any atom is 0.343 e. The van der Waals surface area contributed by atoms with Gasteiger partial charge in [0.1, 0.15) is 5.75 Å². The molecule has 2 N–H and O–H groups in total. The number of carbonyl (C=O) groups is 3. The van der Waals surface area contributed by atoms with Crippen LogP contribution in [0.1, 0.15) is 15.9 Å². The topological polar surface area (TPSA) is 96.9 Å². The SMILES string of the molecule is O=C(N/N=C\c1ccc(OC(=O)c2ccc(Cl)cc2)cc1)C(=O)Nc1cccc(Cl)c1Cl. The van der Waals surface area contributed by atoms with Crippen LogP contribution in [0.4, 0.5) is 5.69 Å². The average molecular weight is 491 g/mol. The van der Waals surface area contributed by atoms with E-state index in [1.54, 1.807) is 60.7 Å². The van der Waals surface area contributed by atoms with Crippen LogP contribution in [-0.2, 0) is 9.59 Å². The van der Waals surface area contributed by atoms with Crippen molar-refractivity contribution in [2.24, 2.45) is 5.10 Å². The Morgan fingerprint density at radius 3 is 2.22 bits per heavy atom. The van der Waals surface area contributed by atoms with E-state index in [1.807, 2.05) is 0 Å². The van der Waals surface area contributed by atoms with Crippen molar-refractivity contribution in [3.63, 3.8) is 0 Å². The number of anilines is 1. The average Bonchev–Trinajstić information content (AvgIpc) is 2.78. The zero-order valence-electron chi connectivity index (χ0n) is 16.1. The van der Waals surface area contributed by atoms with Crippen molar-refractivity contribution in [3.8, 4) is 5.75 Å². The van der Waals surface area contributed by atoms with Crippen LogP contribution in [0.15, 0.2) is 71.8 Å². The molecule has 0 aliphatic heterocycles. The highest BCUT2D eigenvalue weighted by atomic mass is 35.5. The molecule has 0 aliphatic rings. The third kappa shape index (κ3) is 6.31. The molecule has 2 amide bonds. The second-order valence-corrected chi connectivity index (χ2v) is 7.44. The first-order chi connectivity index (χ1) is 15.3. The quantitative estimate of drug-likeness (QED) is 0.174. The van der Waals surface area contributed by atoms with Gasteiger partial charge in [-0.1, -0.05) is 40.9 Å². The molecule has 162 valence electrons. The van der Waals surface area contributed by atoms with Crippen LogP contribution in [0.2, 0.25) is 15.1 Å². The number of nitrogens with zero attached hydrogens (tertiary/aromatic N) is 1. The Morgan fingerprint density at radius 1 is 0.844 bits per heavy atom. The Labute approximate surface area is 197 Å². The van der Waals surface area contributed by atoms with Gasteiger partial charge in [0.25, 0.3) is 0 Å². The normalized spacial score (nSPS) is 10.6. The Balaban J connectivity index is 1.52. The van der Waals surface area contributed by atoms with E-state index in [-0.39, 0.29) is 15.7 Å². The lowest BCUT2D eigenvalue weighted by Gasteiger charge is -2.07. The van der Waals surface area contributed by atoms with Crippen LogP contribution >= 0.6 is 34.8 Å². The molecule has 0 aromatic heterocycles. The second kappa shape index (κ2) is 10.8. The van der Waals surface area contributed by atoms with E-state index in [9.17, 15) is 14.4 Å². The molecule has 0 atom stereocenters. The fourth-order valence-electron chi connectivity index (χ4n) is 2.37. The molecule has 0 saturated carbocycles. The van der Waals surface area contributed by atoms with Crippen molar-refractivity contribution in [1.29, 1.82) is 0 Å². The largest absolute Gasteiger partial charge is 0.423 e. The lowest BCUT2D eigenvalue weighted by Crippen LogP contribution is -2.32. The number of hydrogen-bond donors (Lipinski definition) is 2. The third-order valence-corrected chi connectivity index (χ3v) is 5.03. The molecule has 7 nitrogen and oxygen atoms in total. The minimum Gasteiger partial charge on any atom is -0.423 e. The van der Waals surface area contributed by atoms with Crippen LogP contribution < -0.4 is 15.5 Å². The summed E-state index contributed by atoms with van der Waals surface area (Å²) in [6.07, 6.45) is 1.32. The van der Waals surface area contributed by atoms with Crippen molar-refractivity contribution in [3.05, 3.63) is 92.9 Å². The summed E-state index contributed by atoms with van der Waals surface area (Å²) in [4.78, 5) is 35.9. The smallest absolute Gasteiger partial charge is 0.343 e. The van der Waals surface area contributed by atoms with Gasteiger partial charge in [0.2, 0.25) is 0 Å². The van der Waals surface area contributed by atoms with Gasteiger partial charge < -0.3 is 10.1 Å². The van der Waals surface area contributed by atoms with Gasteiger partial charge in [-0.05, 0) is 66.2 Å². The molecule has 0 bridgehead atoms. The van der Waals surface area contributed by atoms with Crippen molar-refractivity contribution in [2.75, 3.05) is 5.32 Å². The molecule has 10 heteroatoms. The van der Waals surface area contributed by atoms with Gasteiger partial charge in [-0.15, -0.1) is 0 Å². The summed E-state index contributed by atoms with van der Waals surface area (Å²) in [6, 6.07) is 17.3. The maximum absolute atomic E-state index is 12.1. The van der Waals surface area contributed by atoms with Crippen molar-refractivity contribution >= 4 is 64.5 Å². The van der Waals surface area contributed by atoms with Crippen LogP contribution in [0.25, 0.3) is 0 Å². The van der Waals surface area contributed by atoms with Gasteiger partial charge in [-0.3, -0.25) is 9.59 Å². The number of benzene rings is 3. The van der Waals surface area contributed by atoms with Gasteiger partial charge in [-0.2, -0.15) is 5.10 Å². The zero-order valence-corrected chi connectivity index (χ0v) is 18.4. The molecule has 0 fully saturated rings. The third-order valence-electron chi connectivity index (χ3n) is 3.96. The summed E-state index contributed by atoms with van der Waals surface area (Å²) >= 11 is 17.6. The van der Waals surface area contributed by atoms with E-state index in [0.717, 1.165) is 0 Å². The number of hydrogen-bond acceptors (Lipinski definition) is 5. The summed E-state index contributed by atoms with van der Waals surface area (Å²) in [5.41, 5.74) is 3.26. The van der Waals surface area contributed by atoms with Crippen molar-refractivity contribution in [2.45, 2.75) is 0 Å². The van der Waals surface area contributed by atoms with Crippen LogP contribution in [0.5, 0.6) is 5.75 Å². The fraction of sp³-hybridized carbons (Fsp3) is 0. The predicted octanol–water partition coefficient (Wildman–Crippen LogP) is 4.95. The molecule has 3 aromatic carbocycles. The van der Waals surface area contributed by atoms with Crippen molar-refractivity contribution < 1.29 is 19.1 Å². The lowest BCUT2D eigenvalue weighted by molar-refractivity contribution is -0.136. The summed E-state index contributed by atoms with van der Waals surface area (Å²) in [7, 11) is 0. The summed E-state index contributed by atoms with van der Waals surface area (Å²) in [5, 5.41) is 6.95. The van der Waals surface area contributed by atoms with Gasteiger partial charge in [-0.25, -0.2) is 10.2 Å². The predicted molar refractivity (Wildman–Crippen MR) is 124 cm³/mol. The molecule has 0 saturated heterocycles. The minimum atomic E-state index is -0.995. The molecule has 3 aromatic rings. The van der Waals surface area contributed by atoms with Gasteiger partial charge in [0.15, 0.2) is 0 Å². The van der Waals surface area contributed by atoms with Gasteiger partial charge in [0, 0.05) is 5.02 Å². The fourth-order valence-corrected chi connectivity index (χ4v) is 2.84. The van der Waals surface area contributed by atoms with Crippen LogP contribution in [0.3, 0.4) is 0 Å². The highest BCUT2D eigenvalue weighted by Crippen LogP contribution is 2.29. The number of rotatable bonds is 5. The molecule has 0 heterocycles. The van der Waals surface area contributed by atoms with Gasteiger partial charge in [0.05, 0.1) is 27.5 Å². The first-order valence-electron chi connectivity index (χ1n) is 8.99. The number of nitrogens with one attached hydrogen (secondary N) is 2. The van der Waals surface area contributed by atoms with E-state index in [0.29, 0.717) is 21.9 Å². The molecule has 0 spiro atoms. The molecule has 0 radical (unpaired) electrons. The van der Waals surface area contributed by atoms with E-state index < -0.39 is 17.8 Å². The van der Waals surface area contributed by atoms with Gasteiger partial charge >= 0.3 is 17.8 Å². The number of ether oxygens (including phenoxy) is 1. The van der Waals surface area contributed by atoms with E-state index in [2.05, 4.69) is 15.8 Å². The number of carbonyl (C=O) groups excluding carboxylic acids is 3. The number of esters is 1. The van der Waals surface area contributed by atoms with Crippen LogP contribution in [0, 0.1) is 0 Å². The Morgan fingerprint density at radius 2 is 1.53 bits per heavy atom. The Bertz CT molecular complexity index is 1180. The summed E-state index contributed by atoms with van der Waals surface area (Å²) in [5.74, 6) is -2.16. The first kappa shape index (κ1) is 23.3. The zero-order chi connectivity index (χ0) is 23.1. The molecule has 32 heavy (non-hydrogen) atoms. The monoisotopic (exact) mass is 489 g/mol. The molecular weight excluding hydrogens is 477 g/mol. The molecule has 0 aliphatic carbocycles. The lowest BCUT2D eigenvalue weighted by atomic mass is 10.2. The summed E-state index contributed by atoms with van der Waals surface area (Å²) in [6.45, 7) is 0. The molecule has 0 unspecified atom stereocenters. The summed E-state index contributed by atoms with van der Waals surface area (Å²) < 4.78 is 5.27. The Kier molecular flexibility index (Phi) is 7.83. The van der Waals surface area contributed by atoms with E-state index in [1.165, 1.54) is 12.3 Å². The Hall–Kier alpha value is -3.39. The van der Waals surface area contributed by atoms with Crippen LogP contribution in [-0.4, -0.2) is 24.0 Å². The number of amides is 2. The highest BCUT2D eigenvalue weighted by molar-refractivity contribution is 6.45. The van der Waals surface area contributed by atoms with Crippen molar-refractivity contribution in [1.82, 2.24) is 5.43 Å². The molecular formula is C22H14Cl3N3O4. The number of halogens is 3.